The van der Waals surface area contributed by atoms with Gasteiger partial charge in [-0.2, -0.15) is 0 Å². The molecule has 0 atom stereocenters. The molecule has 2 nitrogen and oxygen atoms in total. The molecule has 3 heteroatoms. The molecule has 58 valence electrons. The van der Waals surface area contributed by atoms with Gasteiger partial charge >= 0.3 is 0 Å². The predicted octanol–water partition coefficient (Wildman–Crippen LogP) is 0.257. The van der Waals surface area contributed by atoms with E-state index in [0.29, 0.717) is 6.79 Å². The maximum absolute atomic E-state index is 5.24. The van der Waals surface area contributed by atoms with Crippen LogP contribution in [0.2, 0.25) is 6.55 Å². The van der Waals surface area contributed by atoms with Gasteiger partial charge in [-0.05, 0) is 12.1 Å². The van der Waals surface area contributed by atoms with Gasteiger partial charge < -0.3 is 9.47 Å². The molecule has 0 radical (unpaired) electrons. The smallest absolute Gasteiger partial charge is 0.231 e. The van der Waals surface area contributed by atoms with Gasteiger partial charge in [-0.1, -0.05) is 17.8 Å². The van der Waals surface area contributed by atoms with Crippen LogP contribution in [0.1, 0.15) is 0 Å². The van der Waals surface area contributed by atoms with E-state index < -0.39 is 0 Å². The molecule has 0 saturated heterocycles. The Morgan fingerprint density at radius 1 is 1.27 bits per heavy atom. The van der Waals surface area contributed by atoms with E-state index >= 15 is 0 Å². The van der Waals surface area contributed by atoms with Crippen molar-refractivity contribution in [3.8, 4) is 11.5 Å². The molecule has 1 aliphatic rings. The molecule has 1 heterocycles. The summed E-state index contributed by atoms with van der Waals surface area (Å²) in [5.74, 6) is 1.80. The van der Waals surface area contributed by atoms with Crippen molar-refractivity contribution in [2.24, 2.45) is 0 Å². The summed E-state index contributed by atoms with van der Waals surface area (Å²) in [6.07, 6.45) is 0. The molecule has 2 rings (SSSR count). The van der Waals surface area contributed by atoms with Gasteiger partial charge in [0.05, 0.1) is 9.52 Å². The largest absolute Gasteiger partial charge is 0.454 e. The molecule has 1 aromatic carbocycles. The van der Waals surface area contributed by atoms with Crippen LogP contribution in [0.5, 0.6) is 11.5 Å². The monoisotopic (exact) mass is 166 g/mol. The van der Waals surface area contributed by atoms with Gasteiger partial charge in [0.1, 0.15) is 0 Å². The molecule has 0 amide bonds. The Labute approximate surface area is 68.0 Å². The van der Waals surface area contributed by atoms with E-state index in [4.69, 9.17) is 9.47 Å². The van der Waals surface area contributed by atoms with Gasteiger partial charge in [-0.25, -0.2) is 0 Å². The van der Waals surface area contributed by atoms with Crippen molar-refractivity contribution in [1.29, 1.82) is 0 Å². The van der Waals surface area contributed by atoms with Crippen molar-refractivity contribution in [2.45, 2.75) is 6.55 Å². The normalized spacial score (nSPS) is 14.6. The Kier molecular flexibility index (Phi) is 1.58. The van der Waals surface area contributed by atoms with E-state index in [0.717, 1.165) is 11.5 Å². The lowest BCUT2D eigenvalue weighted by atomic mass is 10.3. The van der Waals surface area contributed by atoms with Crippen molar-refractivity contribution < 1.29 is 9.47 Å². The minimum absolute atomic E-state index is 0.0632. The van der Waals surface area contributed by atoms with Gasteiger partial charge in [0.2, 0.25) is 6.79 Å². The van der Waals surface area contributed by atoms with E-state index in [1.54, 1.807) is 0 Å². The second-order valence-corrected chi connectivity index (χ2v) is 4.06. The van der Waals surface area contributed by atoms with Crippen molar-refractivity contribution in [3.05, 3.63) is 18.2 Å². The number of benzene rings is 1. The predicted molar refractivity (Wildman–Crippen MR) is 46.6 cm³/mol. The minimum Gasteiger partial charge on any atom is -0.454 e. The number of rotatable bonds is 1. The average Bonchev–Trinajstić information content (AvgIpc) is 2.50. The third kappa shape index (κ3) is 1.11. The van der Waals surface area contributed by atoms with Crippen LogP contribution < -0.4 is 14.7 Å². The molecular weight excluding hydrogens is 156 g/mol. The summed E-state index contributed by atoms with van der Waals surface area (Å²) in [4.78, 5) is 0. The van der Waals surface area contributed by atoms with Crippen molar-refractivity contribution in [2.75, 3.05) is 6.79 Å². The summed E-state index contributed by atoms with van der Waals surface area (Å²) in [7, 11) is -0.0632. The van der Waals surface area contributed by atoms with Crippen LogP contribution in [0.4, 0.5) is 0 Å². The van der Waals surface area contributed by atoms with Crippen molar-refractivity contribution in [1.82, 2.24) is 0 Å². The molecule has 0 bridgehead atoms. The highest BCUT2D eigenvalue weighted by Gasteiger charge is 2.11. The summed E-state index contributed by atoms with van der Waals surface area (Å²) in [6.45, 7) is 2.64. The van der Waals surface area contributed by atoms with Crippen LogP contribution in [0.3, 0.4) is 0 Å². The molecule has 0 spiro atoms. The number of fused-ring (bicyclic) bond motifs is 1. The van der Waals surface area contributed by atoms with E-state index in [9.17, 15) is 0 Å². The Morgan fingerprint density at radius 3 is 2.91 bits per heavy atom. The Bertz CT molecular complexity index is 273. The third-order valence-corrected chi connectivity index (χ3v) is 3.10. The molecule has 0 saturated carbocycles. The zero-order valence-electron chi connectivity index (χ0n) is 6.46. The maximum atomic E-state index is 5.24. The fourth-order valence-electron chi connectivity index (χ4n) is 1.16. The Hall–Kier alpha value is -0.963. The average molecular weight is 166 g/mol. The first kappa shape index (κ1) is 6.73. The topological polar surface area (TPSA) is 18.5 Å². The Balaban J connectivity index is 2.41. The van der Waals surface area contributed by atoms with Gasteiger partial charge in [-0.3, -0.25) is 0 Å². The Morgan fingerprint density at radius 2 is 2.09 bits per heavy atom. The lowest BCUT2D eigenvalue weighted by Gasteiger charge is -1.97. The van der Waals surface area contributed by atoms with E-state index in [1.807, 2.05) is 6.07 Å². The standard InChI is InChI=1S/C8H10O2Si/c1-11-6-2-3-7-8(4-6)10-5-9-7/h2-4H,5,11H2,1H3. The van der Waals surface area contributed by atoms with Crippen LogP contribution in [-0.2, 0) is 0 Å². The molecule has 0 aromatic heterocycles. The first-order valence-electron chi connectivity index (χ1n) is 3.78. The van der Waals surface area contributed by atoms with Crippen LogP contribution >= 0.6 is 0 Å². The van der Waals surface area contributed by atoms with Crippen molar-refractivity contribution >= 4 is 14.7 Å². The zero-order valence-corrected chi connectivity index (χ0v) is 7.88. The van der Waals surface area contributed by atoms with Gasteiger partial charge in [0.15, 0.2) is 11.5 Å². The molecule has 0 fully saturated rings. The molecule has 1 aliphatic heterocycles. The maximum Gasteiger partial charge on any atom is 0.231 e. The fourth-order valence-corrected chi connectivity index (χ4v) is 1.90. The summed E-state index contributed by atoms with van der Waals surface area (Å²) in [5.41, 5.74) is 0. The van der Waals surface area contributed by atoms with Crippen LogP contribution in [0.15, 0.2) is 18.2 Å². The molecule has 11 heavy (non-hydrogen) atoms. The number of ether oxygens (including phenoxy) is 2. The fraction of sp³-hybridized carbons (Fsp3) is 0.250. The molecule has 0 aliphatic carbocycles. The quantitative estimate of drug-likeness (QED) is 0.557. The minimum atomic E-state index is -0.0632. The van der Waals surface area contributed by atoms with Crippen LogP contribution in [0, 0.1) is 0 Å². The first-order chi connectivity index (χ1) is 5.40. The zero-order chi connectivity index (χ0) is 7.68. The van der Waals surface area contributed by atoms with Crippen LogP contribution in [-0.4, -0.2) is 16.3 Å². The van der Waals surface area contributed by atoms with Crippen molar-refractivity contribution in [3.63, 3.8) is 0 Å². The van der Waals surface area contributed by atoms with Gasteiger partial charge in [-0.15, -0.1) is 0 Å². The highest BCUT2D eigenvalue weighted by Crippen LogP contribution is 2.29. The summed E-state index contributed by atoms with van der Waals surface area (Å²) in [5, 5.41) is 1.43. The second-order valence-electron chi connectivity index (χ2n) is 2.54. The van der Waals surface area contributed by atoms with Gasteiger partial charge in [0, 0.05) is 0 Å². The second kappa shape index (κ2) is 2.58. The lowest BCUT2D eigenvalue weighted by molar-refractivity contribution is 0.174. The van der Waals surface area contributed by atoms with Gasteiger partial charge in [0.25, 0.3) is 0 Å². The molecular formula is C8H10O2Si. The summed E-state index contributed by atoms with van der Waals surface area (Å²) >= 11 is 0. The number of hydrogen-bond donors (Lipinski definition) is 0. The molecule has 0 N–H and O–H groups in total. The SMILES string of the molecule is C[SiH2]c1ccc2c(c1)OCO2. The molecule has 0 unspecified atom stereocenters. The molecule has 1 aromatic rings. The highest BCUT2D eigenvalue weighted by molar-refractivity contribution is 6.52. The highest BCUT2D eigenvalue weighted by atomic mass is 28.2. The van der Waals surface area contributed by atoms with E-state index in [1.165, 1.54) is 5.19 Å². The summed E-state index contributed by atoms with van der Waals surface area (Å²) < 4.78 is 10.4. The first-order valence-corrected chi connectivity index (χ1v) is 5.91. The van der Waals surface area contributed by atoms with E-state index in [2.05, 4.69) is 18.7 Å². The van der Waals surface area contributed by atoms with E-state index in [-0.39, 0.29) is 9.52 Å². The van der Waals surface area contributed by atoms with Crippen LogP contribution in [0.25, 0.3) is 0 Å². The summed E-state index contributed by atoms with van der Waals surface area (Å²) in [6, 6.07) is 6.21. The lowest BCUT2D eigenvalue weighted by Crippen LogP contribution is -2.08. The number of hydrogen-bond acceptors (Lipinski definition) is 2. The third-order valence-electron chi connectivity index (χ3n) is 1.85.